The van der Waals surface area contributed by atoms with E-state index in [9.17, 15) is 9.90 Å². The zero-order valence-corrected chi connectivity index (χ0v) is 12.2. The Hall–Kier alpha value is -2.14. The second-order valence-corrected chi connectivity index (χ2v) is 5.41. The summed E-state index contributed by atoms with van der Waals surface area (Å²) in [7, 11) is 0. The second-order valence-electron chi connectivity index (χ2n) is 5.41. The number of pyridine rings is 1. The minimum absolute atomic E-state index is 0.261. The third-order valence-electron chi connectivity index (χ3n) is 3.81. The number of anilines is 1. The Balaban J connectivity index is 2.21. The number of nitrogens with zero attached hydrogens (tertiary/aromatic N) is 2. The van der Waals surface area contributed by atoms with Gasteiger partial charge in [-0.15, -0.1) is 0 Å². The van der Waals surface area contributed by atoms with Gasteiger partial charge in [0.25, 0.3) is 0 Å². The highest BCUT2D eigenvalue weighted by Gasteiger charge is 2.21. The Morgan fingerprint density at radius 2 is 1.95 bits per heavy atom. The molecule has 1 fully saturated rings. The number of carbonyl (C=O) groups is 1. The molecule has 0 spiro atoms. The molecule has 0 saturated carbocycles. The molecule has 0 atom stereocenters. The molecule has 1 saturated heterocycles. The lowest BCUT2D eigenvalue weighted by Crippen LogP contribution is -2.37. The highest BCUT2D eigenvalue weighted by molar-refractivity contribution is 5.99. The molecule has 110 valence electrons. The van der Waals surface area contributed by atoms with Crippen LogP contribution >= 0.6 is 0 Å². The largest absolute Gasteiger partial charge is 0.478 e. The normalized spacial score (nSPS) is 15.4. The average Bonchev–Trinajstić information content (AvgIpc) is 2.46. The third-order valence-corrected chi connectivity index (χ3v) is 3.81. The number of carboxylic acid groups (broad SMARTS) is 1. The summed E-state index contributed by atoms with van der Waals surface area (Å²) >= 11 is 0. The van der Waals surface area contributed by atoms with Crippen molar-refractivity contribution in [2.45, 2.75) is 13.8 Å². The Kier molecular flexibility index (Phi) is 3.51. The van der Waals surface area contributed by atoms with Crippen LogP contribution < -0.4 is 4.90 Å². The number of hydrogen-bond donors (Lipinski definition) is 1. The first kappa shape index (κ1) is 13.8. The van der Waals surface area contributed by atoms with Crippen molar-refractivity contribution in [3.63, 3.8) is 0 Å². The first-order valence-electron chi connectivity index (χ1n) is 7.04. The fourth-order valence-corrected chi connectivity index (χ4v) is 2.79. The van der Waals surface area contributed by atoms with Crippen molar-refractivity contribution in [1.82, 2.24) is 4.98 Å². The maximum Gasteiger partial charge on any atom is 0.339 e. The molecule has 1 aromatic carbocycles. The number of carboxylic acids is 1. The molecular formula is C16H18N2O3. The molecule has 0 amide bonds. The lowest BCUT2D eigenvalue weighted by atomic mass is 10.0. The van der Waals surface area contributed by atoms with Crippen molar-refractivity contribution in [1.29, 1.82) is 0 Å². The first-order valence-corrected chi connectivity index (χ1v) is 7.04. The van der Waals surface area contributed by atoms with Crippen molar-refractivity contribution < 1.29 is 14.6 Å². The van der Waals surface area contributed by atoms with Gasteiger partial charge in [-0.05, 0) is 37.1 Å². The Bertz CT molecular complexity index is 706. The second kappa shape index (κ2) is 5.33. The molecule has 3 rings (SSSR count). The minimum Gasteiger partial charge on any atom is -0.478 e. The van der Waals surface area contributed by atoms with Gasteiger partial charge in [0.2, 0.25) is 0 Å². The van der Waals surface area contributed by atoms with Crippen LogP contribution in [0.25, 0.3) is 10.9 Å². The van der Waals surface area contributed by atoms with Gasteiger partial charge in [-0.1, -0.05) is 6.07 Å². The summed E-state index contributed by atoms with van der Waals surface area (Å²) < 4.78 is 5.33. The average molecular weight is 286 g/mol. The van der Waals surface area contributed by atoms with Crippen LogP contribution in [0.4, 0.5) is 5.82 Å². The smallest absolute Gasteiger partial charge is 0.339 e. The van der Waals surface area contributed by atoms with Gasteiger partial charge < -0.3 is 14.7 Å². The van der Waals surface area contributed by atoms with Crippen LogP contribution in [0.3, 0.4) is 0 Å². The van der Waals surface area contributed by atoms with E-state index in [1.807, 2.05) is 30.9 Å². The van der Waals surface area contributed by atoms with E-state index >= 15 is 0 Å². The van der Waals surface area contributed by atoms with E-state index in [-0.39, 0.29) is 5.56 Å². The van der Waals surface area contributed by atoms with Gasteiger partial charge >= 0.3 is 5.97 Å². The molecule has 2 heterocycles. The summed E-state index contributed by atoms with van der Waals surface area (Å²) in [5.74, 6) is -0.394. The van der Waals surface area contributed by atoms with Crippen LogP contribution in [0.5, 0.6) is 0 Å². The van der Waals surface area contributed by atoms with Gasteiger partial charge in [0.1, 0.15) is 11.4 Å². The molecule has 0 radical (unpaired) electrons. The molecular weight excluding hydrogens is 268 g/mol. The number of rotatable bonds is 2. The van der Waals surface area contributed by atoms with Crippen molar-refractivity contribution in [3.8, 4) is 0 Å². The standard InChI is InChI=1S/C16H18N2O3/c1-10-7-11(2)12-9-13(16(19)20)15(17-14(12)8-10)18-3-5-21-6-4-18/h7-9H,3-6H2,1-2H3,(H,19,20). The van der Waals surface area contributed by atoms with Gasteiger partial charge in [0.15, 0.2) is 0 Å². The molecule has 1 N–H and O–H groups in total. The summed E-state index contributed by atoms with van der Waals surface area (Å²) in [5.41, 5.74) is 3.28. The third kappa shape index (κ3) is 2.56. The molecule has 1 aromatic heterocycles. The number of aryl methyl sites for hydroxylation is 2. The number of benzene rings is 1. The first-order chi connectivity index (χ1) is 10.1. The molecule has 1 aliphatic heterocycles. The molecule has 5 heteroatoms. The van der Waals surface area contributed by atoms with Crippen LogP contribution in [-0.4, -0.2) is 42.4 Å². The quantitative estimate of drug-likeness (QED) is 0.918. The Morgan fingerprint density at radius 3 is 2.62 bits per heavy atom. The van der Waals surface area contributed by atoms with Crippen LogP contribution in [0, 0.1) is 13.8 Å². The van der Waals surface area contributed by atoms with Crippen molar-refractivity contribution in [2.24, 2.45) is 0 Å². The van der Waals surface area contributed by atoms with Crippen molar-refractivity contribution in [3.05, 3.63) is 34.9 Å². The summed E-state index contributed by atoms with van der Waals surface area (Å²) in [4.78, 5) is 18.2. The van der Waals surface area contributed by atoms with E-state index in [0.29, 0.717) is 32.1 Å². The molecule has 21 heavy (non-hydrogen) atoms. The minimum atomic E-state index is -0.939. The summed E-state index contributed by atoms with van der Waals surface area (Å²) in [6.45, 7) is 6.55. The van der Waals surface area contributed by atoms with Crippen LogP contribution in [-0.2, 0) is 4.74 Å². The van der Waals surface area contributed by atoms with Gasteiger partial charge in [0, 0.05) is 18.5 Å². The predicted octanol–water partition coefficient (Wildman–Crippen LogP) is 2.39. The van der Waals surface area contributed by atoms with E-state index in [2.05, 4.69) is 4.98 Å². The number of hydrogen-bond acceptors (Lipinski definition) is 4. The summed E-state index contributed by atoms with van der Waals surface area (Å²) in [6.07, 6.45) is 0. The van der Waals surface area contributed by atoms with Crippen LogP contribution in [0.15, 0.2) is 18.2 Å². The number of aromatic carboxylic acids is 1. The zero-order valence-electron chi connectivity index (χ0n) is 12.2. The maximum absolute atomic E-state index is 11.6. The van der Waals surface area contributed by atoms with Gasteiger partial charge in [0.05, 0.1) is 18.7 Å². The molecule has 0 aliphatic carbocycles. The van der Waals surface area contributed by atoms with Crippen LogP contribution in [0.2, 0.25) is 0 Å². The molecule has 5 nitrogen and oxygen atoms in total. The lowest BCUT2D eigenvalue weighted by Gasteiger charge is -2.29. The summed E-state index contributed by atoms with van der Waals surface area (Å²) in [5, 5.41) is 10.4. The van der Waals surface area contributed by atoms with Crippen molar-refractivity contribution in [2.75, 3.05) is 31.2 Å². The maximum atomic E-state index is 11.6. The van der Waals surface area contributed by atoms with Gasteiger partial charge in [-0.2, -0.15) is 0 Å². The van der Waals surface area contributed by atoms with E-state index in [4.69, 9.17) is 4.74 Å². The molecule has 0 bridgehead atoms. The summed E-state index contributed by atoms with van der Waals surface area (Å²) in [6, 6.07) is 5.78. The van der Waals surface area contributed by atoms with E-state index < -0.39 is 5.97 Å². The topological polar surface area (TPSA) is 62.7 Å². The SMILES string of the molecule is Cc1cc(C)c2cc(C(=O)O)c(N3CCOCC3)nc2c1. The van der Waals surface area contributed by atoms with Gasteiger partial charge in [-0.3, -0.25) is 0 Å². The zero-order chi connectivity index (χ0) is 15.0. The highest BCUT2D eigenvalue weighted by atomic mass is 16.5. The molecule has 2 aromatic rings. The van der Waals surface area contributed by atoms with Gasteiger partial charge in [-0.25, -0.2) is 9.78 Å². The Labute approximate surface area is 123 Å². The van der Waals surface area contributed by atoms with E-state index in [1.54, 1.807) is 6.07 Å². The lowest BCUT2D eigenvalue weighted by molar-refractivity contribution is 0.0696. The number of fused-ring (bicyclic) bond motifs is 1. The predicted molar refractivity (Wildman–Crippen MR) is 81.2 cm³/mol. The van der Waals surface area contributed by atoms with Crippen LogP contribution in [0.1, 0.15) is 21.5 Å². The number of aromatic nitrogens is 1. The fourth-order valence-electron chi connectivity index (χ4n) is 2.79. The van der Waals surface area contributed by atoms with E-state index in [1.165, 1.54) is 0 Å². The Morgan fingerprint density at radius 1 is 1.24 bits per heavy atom. The fraction of sp³-hybridized carbons (Fsp3) is 0.375. The number of ether oxygens (including phenoxy) is 1. The monoisotopic (exact) mass is 286 g/mol. The molecule has 1 aliphatic rings. The van der Waals surface area contributed by atoms with Crippen molar-refractivity contribution >= 4 is 22.7 Å². The molecule has 0 unspecified atom stereocenters. The highest BCUT2D eigenvalue weighted by Crippen LogP contribution is 2.27. The van der Waals surface area contributed by atoms with E-state index in [0.717, 1.165) is 22.0 Å². The number of morpholine rings is 1.